The molecule has 0 saturated heterocycles. The molecule has 44 valence electrons. The van der Waals surface area contributed by atoms with E-state index in [1.54, 1.807) is 12.4 Å². The zero-order valence-electron chi connectivity index (χ0n) is 4.87. The lowest BCUT2D eigenvalue weighted by Gasteiger charge is -2.05. The largest absolute Gasteiger partial charge is 0.619 e. The summed E-state index contributed by atoms with van der Waals surface area (Å²) < 4.78 is 0.847. The van der Waals surface area contributed by atoms with Gasteiger partial charge in [0.15, 0.2) is 12.4 Å². The average molecular weight is 111 g/mol. The number of hydroxylamine groups is 1. The molecule has 2 heteroatoms. The van der Waals surface area contributed by atoms with Crippen LogP contribution >= 0.6 is 0 Å². The Balaban J connectivity index is 2.58. The number of nitrogens with zero attached hydrogens (tertiary/aromatic N) is 1. The van der Waals surface area contributed by atoms with E-state index in [0.717, 1.165) is 11.2 Å². The predicted molar refractivity (Wildman–Crippen MR) is 32.6 cm³/mol. The lowest BCUT2D eigenvalue weighted by atomic mass is 10.1. The maximum absolute atomic E-state index is 10.4. The van der Waals surface area contributed by atoms with Crippen LogP contribution in [0, 0.1) is 11.1 Å². The number of hydrogen-bond acceptors (Lipinski definition) is 1. The summed E-state index contributed by atoms with van der Waals surface area (Å²) in [5.41, 5.74) is 0. The fraction of sp³-hybridized carbons (Fsp3) is 0.500. The van der Waals surface area contributed by atoms with E-state index in [1.807, 2.05) is 6.08 Å². The molecule has 0 spiro atoms. The highest BCUT2D eigenvalue weighted by atomic mass is 16.5. The molecule has 1 aliphatic heterocycles. The van der Waals surface area contributed by atoms with Crippen LogP contribution in [0.5, 0.6) is 0 Å². The van der Waals surface area contributed by atoms with Crippen LogP contribution in [-0.2, 0) is 0 Å². The van der Waals surface area contributed by atoms with Crippen LogP contribution in [0.3, 0.4) is 0 Å². The van der Waals surface area contributed by atoms with Crippen molar-refractivity contribution in [1.29, 1.82) is 0 Å². The van der Waals surface area contributed by atoms with Crippen molar-refractivity contribution in [2.24, 2.45) is 5.92 Å². The molecule has 1 rings (SSSR count). The second kappa shape index (κ2) is 1.99. The van der Waals surface area contributed by atoms with Crippen molar-refractivity contribution in [3.63, 3.8) is 0 Å². The minimum atomic E-state index is 0.542. The van der Waals surface area contributed by atoms with Crippen molar-refractivity contribution in [1.82, 2.24) is 0 Å². The van der Waals surface area contributed by atoms with Crippen LogP contribution in [0.25, 0.3) is 0 Å². The molecule has 0 N–H and O–H groups in total. The van der Waals surface area contributed by atoms with Gasteiger partial charge < -0.3 is 5.21 Å². The van der Waals surface area contributed by atoms with Gasteiger partial charge in [0.05, 0.1) is 0 Å². The van der Waals surface area contributed by atoms with Gasteiger partial charge in [-0.05, 0) is 12.0 Å². The van der Waals surface area contributed by atoms with Gasteiger partial charge in [-0.25, -0.2) is 0 Å². The van der Waals surface area contributed by atoms with Crippen LogP contribution in [0.15, 0.2) is 12.3 Å². The molecule has 0 amide bonds. The van der Waals surface area contributed by atoms with Crippen molar-refractivity contribution in [2.45, 2.75) is 13.3 Å². The molecule has 0 saturated carbocycles. The molecule has 0 unspecified atom stereocenters. The summed E-state index contributed by atoms with van der Waals surface area (Å²) >= 11 is 0. The summed E-state index contributed by atoms with van der Waals surface area (Å²) in [5.74, 6) is 0.542. The second-order valence-corrected chi connectivity index (χ2v) is 2.10. The molecular formula is C6H9NO. The van der Waals surface area contributed by atoms with E-state index in [9.17, 15) is 5.21 Å². The normalized spacial score (nSPS) is 27.6. The molecule has 0 aromatic rings. The minimum absolute atomic E-state index is 0.542. The average Bonchev–Trinajstić information content (AvgIpc) is 1.77. The van der Waals surface area contributed by atoms with Gasteiger partial charge in [-0.15, -0.1) is 0 Å². The van der Waals surface area contributed by atoms with Crippen molar-refractivity contribution in [2.75, 3.05) is 0 Å². The Morgan fingerprint density at radius 1 is 1.75 bits per heavy atom. The minimum Gasteiger partial charge on any atom is -0.619 e. The smallest absolute Gasteiger partial charge is 0.176 e. The molecule has 0 radical (unpaired) electrons. The maximum atomic E-state index is 10.4. The van der Waals surface area contributed by atoms with Crippen molar-refractivity contribution >= 4 is 6.21 Å². The van der Waals surface area contributed by atoms with Crippen molar-refractivity contribution < 1.29 is 4.74 Å². The first kappa shape index (κ1) is 5.35. The zero-order chi connectivity index (χ0) is 5.98. The summed E-state index contributed by atoms with van der Waals surface area (Å²) in [4.78, 5) is 0. The number of hydrogen-bond donors (Lipinski definition) is 0. The Hall–Kier alpha value is -0.790. The van der Waals surface area contributed by atoms with Crippen molar-refractivity contribution in [3.05, 3.63) is 17.5 Å². The highest BCUT2D eigenvalue weighted by molar-refractivity contribution is 5.53. The van der Waals surface area contributed by atoms with Crippen LogP contribution in [0.1, 0.15) is 13.3 Å². The summed E-state index contributed by atoms with van der Waals surface area (Å²) in [6, 6.07) is 0. The molecule has 0 aliphatic carbocycles. The van der Waals surface area contributed by atoms with E-state index in [0.29, 0.717) is 5.92 Å². The summed E-state index contributed by atoms with van der Waals surface area (Å²) in [6.45, 7) is 2.08. The van der Waals surface area contributed by atoms with E-state index in [-0.39, 0.29) is 0 Å². The quantitative estimate of drug-likeness (QED) is 0.340. The number of rotatable bonds is 0. The van der Waals surface area contributed by atoms with Crippen LogP contribution in [0.2, 0.25) is 0 Å². The zero-order valence-corrected chi connectivity index (χ0v) is 4.87. The molecule has 0 fully saturated rings. The molecule has 2 nitrogen and oxygen atoms in total. The summed E-state index contributed by atoms with van der Waals surface area (Å²) in [6.07, 6.45) is 5.98. The monoisotopic (exact) mass is 111 g/mol. The molecule has 8 heavy (non-hydrogen) atoms. The Morgan fingerprint density at radius 3 is 2.88 bits per heavy atom. The van der Waals surface area contributed by atoms with Gasteiger partial charge in [-0.3, -0.25) is 0 Å². The van der Waals surface area contributed by atoms with Gasteiger partial charge in [-0.2, -0.15) is 4.74 Å². The predicted octanol–water partition coefficient (Wildman–Crippen LogP) is 1.12. The van der Waals surface area contributed by atoms with Crippen LogP contribution < -0.4 is 0 Å². The van der Waals surface area contributed by atoms with Gasteiger partial charge in [0, 0.05) is 6.42 Å². The maximum Gasteiger partial charge on any atom is 0.176 e. The van der Waals surface area contributed by atoms with E-state index in [2.05, 4.69) is 6.92 Å². The first-order valence-electron chi connectivity index (χ1n) is 2.76. The Kier molecular flexibility index (Phi) is 1.33. The van der Waals surface area contributed by atoms with Crippen molar-refractivity contribution in [3.8, 4) is 0 Å². The van der Waals surface area contributed by atoms with Crippen LogP contribution in [0.4, 0.5) is 0 Å². The Morgan fingerprint density at radius 2 is 2.50 bits per heavy atom. The summed E-state index contributed by atoms with van der Waals surface area (Å²) in [5, 5.41) is 10.4. The molecule has 0 aromatic carbocycles. The third kappa shape index (κ3) is 1.09. The topological polar surface area (TPSA) is 26.1 Å². The highest BCUT2D eigenvalue weighted by Crippen LogP contribution is 2.04. The van der Waals surface area contributed by atoms with Crippen LogP contribution in [-0.4, -0.2) is 11.0 Å². The van der Waals surface area contributed by atoms with Gasteiger partial charge in [0.25, 0.3) is 0 Å². The first-order valence-corrected chi connectivity index (χ1v) is 2.76. The van der Waals surface area contributed by atoms with E-state index in [1.165, 1.54) is 0 Å². The van der Waals surface area contributed by atoms with E-state index in [4.69, 9.17) is 0 Å². The highest BCUT2D eigenvalue weighted by Gasteiger charge is 2.02. The van der Waals surface area contributed by atoms with E-state index >= 15 is 0 Å². The first-order chi connectivity index (χ1) is 3.79. The fourth-order valence-corrected chi connectivity index (χ4v) is 0.641. The molecule has 0 aromatic heterocycles. The Bertz CT molecular complexity index is 137. The van der Waals surface area contributed by atoms with E-state index < -0.39 is 0 Å². The molecule has 1 atom stereocenters. The third-order valence-electron chi connectivity index (χ3n) is 1.22. The standard InChI is InChI=1S/C6H9NO/c1-6-2-4-7(8)5-3-6/h2,4-6H,3H2,1H3/t6-/m0/s1. The van der Waals surface area contributed by atoms with Gasteiger partial charge in [0.1, 0.15) is 0 Å². The molecular weight excluding hydrogens is 102 g/mol. The SMILES string of the molecule is C[C@H]1C=C[N+]([O-])=CC1. The summed E-state index contributed by atoms with van der Waals surface area (Å²) in [7, 11) is 0. The fourth-order valence-electron chi connectivity index (χ4n) is 0.641. The molecule has 0 bridgehead atoms. The van der Waals surface area contributed by atoms with Gasteiger partial charge >= 0.3 is 0 Å². The van der Waals surface area contributed by atoms with Gasteiger partial charge in [-0.1, -0.05) is 6.92 Å². The third-order valence-corrected chi connectivity index (χ3v) is 1.22. The molecule has 1 heterocycles. The number of allylic oxidation sites excluding steroid dienone is 1. The second-order valence-electron chi connectivity index (χ2n) is 2.10. The van der Waals surface area contributed by atoms with Gasteiger partial charge in [0.2, 0.25) is 0 Å². The Labute approximate surface area is 48.7 Å². The lowest BCUT2D eigenvalue weighted by Crippen LogP contribution is -2.05. The lowest BCUT2D eigenvalue weighted by molar-refractivity contribution is -0.377. The molecule has 1 aliphatic rings.